The summed E-state index contributed by atoms with van der Waals surface area (Å²) in [5, 5.41) is 32.1. The Morgan fingerprint density at radius 1 is 0.267 bits per heavy atom. The number of hydrogen-bond acceptors (Lipinski definition) is 2. The highest BCUT2D eigenvalue weighted by atomic mass is 15.1. The van der Waals surface area contributed by atoms with Gasteiger partial charge >= 0.3 is 0 Å². The first-order chi connectivity index (χ1) is 42.3. The average molecular weight is 1140 g/mol. The lowest BCUT2D eigenvalue weighted by Gasteiger charge is -2.24. The molecule has 0 N–H and O–H groups in total. The molecule has 0 aliphatic carbocycles. The van der Waals surface area contributed by atoms with Crippen LogP contribution in [0, 0.1) is 29.6 Å². The number of hydrogen-bond donors (Lipinski definition) is 0. The quantitative estimate of drug-likeness (QED) is 0.0385. The van der Waals surface area contributed by atoms with E-state index in [0.717, 1.165) is 101 Å². The third-order valence-corrected chi connectivity index (χ3v) is 19.1. The van der Waals surface area contributed by atoms with Crippen LogP contribution in [0.1, 0.15) is 246 Å². The molecule has 0 bridgehead atoms. The van der Waals surface area contributed by atoms with E-state index in [4.69, 9.17) is 0 Å². The number of aryl methyl sites for hydroxylation is 6. The van der Waals surface area contributed by atoms with Crippen molar-refractivity contribution in [2.45, 2.75) is 241 Å². The number of nitriles is 2. The van der Waals surface area contributed by atoms with E-state index in [2.05, 4.69) is 184 Å². The zero-order valence-electron chi connectivity index (χ0n) is 53.8. The lowest BCUT2D eigenvalue weighted by Crippen LogP contribution is -2.14. The molecule has 448 valence electrons. The molecule has 0 aliphatic heterocycles. The number of unbranched alkanes of at least 4 members (excludes halogenated alkanes) is 18. The third-order valence-electron chi connectivity index (χ3n) is 19.1. The molecule has 10 aromatic rings. The second kappa shape index (κ2) is 30.0. The van der Waals surface area contributed by atoms with E-state index in [1.54, 1.807) is 0 Å². The first kappa shape index (κ1) is 62.0. The molecule has 0 radical (unpaired) electrons. The van der Waals surface area contributed by atoms with Gasteiger partial charge in [0.2, 0.25) is 0 Å². The fourth-order valence-electron chi connectivity index (χ4n) is 14.4. The van der Waals surface area contributed by atoms with Gasteiger partial charge in [0.05, 0.1) is 50.2 Å². The number of nitrogens with zero attached hydrogens (tertiary/aromatic N) is 5. The highest BCUT2D eigenvalue weighted by Crippen LogP contribution is 2.46. The molecule has 0 aliphatic rings. The molecule has 3 aromatic heterocycles. The Morgan fingerprint density at radius 2 is 0.465 bits per heavy atom. The highest BCUT2D eigenvalue weighted by molar-refractivity contribution is 6.14. The summed E-state index contributed by atoms with van der Waals surface area (Å²) < 4.78 is 7.20. The van der Waals surface area contributed by atoms with Gasteiger partial charge in [-0.3, -0.25) is 0 Å². The predicted octanol–water partition coefficient (Wildman–Crippen LogP) is 23.8. The number of rotatable bonds is 33. The van der Waals surface area contributed by atoms with E-state index in [9.17, 15) is 10.5 Å². The zero-order valence-corrected chi connectivity index (χ0v) is 53.8. The number of fused-ring (bicyclic) bond motifs is 9. The van der Waals surface area contributed by atoms with Crippen LogP contribution in [-0.4, -0.2) is 13.7 Å². The van der Waals surface area contributed by atoms with Crippen molar-refractivity contribution in [3.8, 4) is 29.2 Å². The molecule has 10 rings (SSSR count). The minimum atomic E-state index is 0.518. The lowest BCUT2D eigenvalue weighted by molar-refractivity contribution is 0.667. The predicted molar refractivity (Wildman–Crippen MR) is 371 cm³/mol. The maximum absolute atomic E-state index is 12.4. The summed E-state index contributed by atoms with van der Waals surface area (Å²) in [5.41, 5.74) is 18.8. The zero-order chi connectivity index (χ0) is 59.9. The van der Waals surface area contributed by atoms with Crippen LogP contribution in [0.2, 0.25) is 0 Å². The molecular formula is C81H99N5. The van der Waals surface area contributed by atoms with Gasteiger partial charge in [-0.15, -0.1) is 0 Å². The van der Waals surface area contributed by atoms with E-state index in [-0.39, 0.29) is 0 Å². The summed E-state index contributed by atoms with van der Waals surface area (Å²) in [6.45, 7) is 15.9. The largest absolute Gasteiger partial charge is 0.307 e. The molecule has 0 atom stereocenters. The first-order valence-corrected chi connectivity index (χ1v) is 34.5. The summed E-state index contributed by atoms with van der Waals surface area (Å²) in [4.78, 5) is 0. The van der Waals surface area contributed by atoms with Crippen LogP contribution >= 0.6 is 0 Å². The summed E-state index contributed by atoms with van der Waals surface area (Å²) in [6, 6.07) is 48.7. The molecule has 0 spiro atoms. The second-order valence-corrected chi connectivity index (χ2v) is 25.6. The van der Waals surface area contributed by atoms with E-state index >= 15 is 0 Å². The normalized spacial score (nSPS) is 11.9. The second-order valence-electron chi connectivity index (χ2n) is 25.6. The Kier molecular flexibility index (Phi) is 21.6. The van der Waals surface area contributed by atoms with E-state index in [0.29, 0.717) is 16.8 Å². The van der Waals surface area contributed by atoms with Crippen LogP contribution in [-0.2, 0) is 38.5 Å². The molecule has 0 saturated carbocycles. The topological polar surface area (TPSA) is 62.4 Å². The summed E-state index contributed by atoms with van der Waals surface area (Å²) in [5.74, 6) is 0. The first-order valence-electron chi connectivity index (χ1n) is 34.5. The van der Waals surface area contributed by atoms with Gasteiger partial charge < -0.3 is 13.7 Å². The molecule has 86 heavy (non-hydrogen) atoms. The molecule has 7 aromatic carbocycles. The molecule has 0 amide bonds. The van der Waals surface area contributed by atoms with Crippen molar-refractivity contribution in [2.24, 2.45) is 0 Å². The SMILES string of the molecule is CCCCCCc1ccc2c(c1)c1cc(CCCCCC)ccc1n2-c1c(C)c(-n2c3ccc(CCCCCC)cc3c3cc(CCCCCC)ccc32)c(C#N)c(-n2c3ccc(CCCCCC)cc3c3cc(CCCCCC)ccc32)c1C#N. The van der Waals surface area contributed by atoms with Crippen molar-refractivity contribution >= 4 is 65.4 Å². The van der Waals surface area contributed by atoms with E-state index in [1.165, 1.54) is 207 Å². The molecule has 0 saturated heterocycles. The van der Waals surface area contributed by atoms with Crippen molar-refractivity contribution in [1.82, 2.24) is 13.7 Å². The van der Waals surface area contributed by atoms with Crippen LogP contribution in [0.15, 0.2) is 109 Å². The Morgan fingerprint density at radius 3 is 0.651 bits per heavy atom. The van der Waals surface area contributed by atoms with Gasteiger partial charge in [-0.25, -0.2) is 0 Å². The van der Waals surface area contributed by atoms with Crippen molar-refractivity contribution in [2.75, 3.05) is 0 Å². The molecule has 3 heterocycles. The monoisotopic (exact) mass is 1140 g/mol. The minimum absolute atomic E-state index is 0.518. The molecular weight excluding hydrogens is 1040 g/mol. The molecule has 0 fully saturated rings. The average Bonchev–Trinajstić information content (AvgIpc) is 1.58. The number of aromatic nitrogens is 3. The van der Waals surface area contributed by atoms with Crippen LogP contribution in [0.3, 0.4) is 0 Å². The van der Waals surface area contributed by atoms with Crippen molar-refractivity contribution in [3.05, 3.63) is 159 Å². The third kappa shape index (κ3) is 13.3. The van der Waals surface area contributed by atoms with Crippen molar-refractivity contribution in [3.63, 3.8) is 0 Å². The van der Waals surface area contributed by atoms with Crippen LogP contribution < -0.4 is 0 Å². The maximum Gasteiger partial charge on any atom is 0.104 e. The Bertz CT molecular complexity index is 3630. The van der Waals surface area contributed by atoms with Gasteiger partial charge in [-0.2, -0.15) is 10.5 Å². The van der Waals surface area contributed by atoms with Crippen LogP contribution in [0.5, 0.6) is 0 Å². The maximum atomic E-state index is 12.4. The van der Waals surface area contributed by atoms with Gasteiger partial charge in [-0.1, -0.05) is 194 Å². The van der Waals surface area contributed by atoms with Crippen molar-refractivity contribution in [1.29, 1.82) is 10.5 Å². The summed E-state index contributed by atoms with van der Waals surface area (Å²) >= 11 is 0. The van der Waals surface area contributed by atoms with E-state index < -0.39 is 0 Å². The van der Waals surface area contributed by atoms with Gasteiger partial charge in [0.1, 0.15) is 23.3 Å². The van der Waals surface area contributed by atoms with E-state index in [1.807, 2.05) is 0 Å². The van der Waals surface area contributed by atoms with Crippen LogP contribution in [0.25, 0.3) is 82.5 Å². The lowest BCUT2D eigenvalue weighted by atomic mass is 9.96. The molecule has 0 unspecified atom stereocenters. The highest BCUT2D eigenvalue weighted by Gasteiger charge is 2.31. The van der Waals surface area contributed by atoms with Gasteiger partial charge in [-0.05, 0) is 196 Å². The Labute approximate surface area is 516 Å². The van der Waals surface area contributed by atoms with Gasteiger partial charge in [0, 0.05) is 32.3 Å². The smallest absolute Gasteiger partial charge is 0.104 e. The molecule has 5 nitrogen and oxygen atoms in total. The fraction of sp³-hybridized carbons (Fsp3) is 0.457. The standard InChI is InChI=1S/C81H99N5/c1-8-14-20-26-32-59-38-44-73-65(50-59)66-51-60(33-27-21-15-9-2)39-45-74(66)84(73)79-58(7)80(85-75-46-40-61(34-28-22-16-10-3)52-67(75)68-53-62(41-47-76(68)85)35-29-23-17-11-4)72(57-83)81(71(79)56-82)86-77-48-42-63(36-30-24-18-12-5)54-69(77)70-55-64(43-49-78(70)86)37-31-25-19-13-6/h38-55H,8-37H2,1-7H3. The van der Waals surface area contributed by atoms with Crippen LogP contribution in [0.4, 0.5) is 0 Å². The summed E-state index contributed by atoms with van der Waals surface area (Å²) in [7, 11) is 0. The number of benzene rings is 7. The fourth-order valence-corrected chi connectivity index (χ4v) is 14.4. The summed E-state index contributed by atoms with van der Waals surface area (Å²) in [6.07, 6.45) is 35.3. The Balaban J connectivity index is 1.32. The van der Waals surface area contributed by atoms with Gasteiger partial charge in [0.15, 0.2) is 0 Å². The molecule has 5 heteroatoms. The Hall–Kier alpha value is -7.08. The van der Waals surface area contributed by atoms with Crippen molar-refractivity contribution < 1.29 is 0 Å². The minimum Gasteiger partial charge on any atom is -0.307 e. The van der Waals surface area contributed by atoms with Gasteiger partial charge in [0.25, 0.3) is 0 Å².